The van der Waals surface area contributed by atoms with Gasteiger partial charge in [-0.1, -0.05) is 25.4 Å². The number of ether oxygens (including phenoxy) is 2. The molecule has 0 unspecified atom stereocenters. The molecule has 0 amide bonds. The monoisotopic (exact) mass is 301 g/mol. The van der Waals surface area contributed by atoms with Crippen LogP contribution < -0.4 is 10.1 Å². The SMILES string of the molecule is COCCC(C)(C)CNCc1cc(Cl)cc(OC)c1O. The molecule has 0 saturated carbocycles. The molecule has 0 radical (unpaired) electrons. The Morgan fingerprint density at radius 1 is 1.30 bits per heavy atom. The van der Waals surface area contributed by atoms with E-state index in [1.54, 1.807) is 19.2 Å². The quantitative estimate of drug-likeness (QED) is 0.774. The van der Waals surface area contributed by atoms with Crippen molar-refractivity contribution in [1.82, 2.24) is 5.32 Å². The lowest BCUT2D eigenvalue weighted by Crippen LogP contribution is -2.30. The van der Waals surface area contributed by atoms with Crippen molar-refractivity contribution in [3.05, 3.63) is 22.7 Å². The number of rotatable bonds is 8. The predicted molar refractivity (Wildman–Crippen MR) is 81.6 cm³/mol. The second kappa shape index (κ2) is 7.72. The van der Waals surface area contributed by atoms with Gasteiger partial charge >= 0.3 is 0 Å². The molecule has 0 heterocycles. The fraction of sp³-hybridized carbons (Fsp3) is 0.600. The minimum absolute atomic E-state index is 0.133. The zero-order valence-electron chi connectivity index (χ0n) is 12.6. The van der Waals surface area contributed by atoms with E-state index in [1.807, 2.05) is 0 Å². The maximum atomic E-state index is 10.0. The molecular weight excluding hydrogens is 278 g/mol. The maximum absolute atomic E-state index is 10.0. The second-order valence-corrected chi connectivity index (χ2v) is 6.06. The first kappa shape index (κ1) is 17.1. The molecule has 20 heavy (non-hydrogen) atoms. The minimum atomic E-state index is 0.133. The molecule has 0 bridgehead atoms. The molecule has 1 aromatic carbocycles. The molecule has 1 aromatic rings. The van der Waals surface area contributed by atoms with Gasteiger partial charge in [-0.25, -0.2) is 0 Å². The Morgan fingerprint density at radius 2 is 2.00 bits per heavy atom. The highest BCUT2D eigenvalue weighted by Gasteiger charge is 2.17. The van der Waals surface area contributed by atoms with Crippen LogP contribution in [0.25, 0.3) is 0 Å². The van der Waals surface area contributed by atoms with Gasteiger partial charge in [-0.15, -0.1) is 0 Å². The largest absolute Gasteiger partial charge is 0.504 e. The average Bonchev–Trinajstić information content (AvgIpc) is 2.39. The molecule has 0 aliphatic heterocycles. The highest BCUT2D eigenvalue weighted by molar-refractivity contribution is 6.30. The third-order valence-electron chi connectivity index (χ3n) is 3.24. The smallest absolute Gasteiger partial charge is 0.162 e. The lowest BCUT2D eigenvalue weighted by molar-refractivity contribution is 0.150. The Balaban J connectivity index is 2.60. The summed E-state index contributed by atoms with van der Waals surface area (Å²) in [6.07, 6.45) is 0.974. The molecule has 1 rings (SSSR count). The van der Waals surface area contributed by atoms with Crippen LogP contribution >= 0.6 is 11.6 Å². The van der Waals surface area contributed by atoms with Crippen LogP contribution in [-0.2, 0) is 11.3 Å². The van der Waals surface area contributed by atoms with Gasteiger partial charge in [-0.2, -0.15) is 0 Å². The van der Waals surface area contributed by atoms with Gasteiger partial charge in [0.05, 0.1) is 7.11 Å². The number of aromatic hydroxyl groups is 1. The van der Waals surface area contributed by atoms with E-state index in [9.17, 15) is 5.11 Å². The summed E-state index contributed by atoms with van der Waals surface area (Å²) in [6.45, 7) is 6.46. The first-order valence-corrected chi connectivity index (χ1v) is 7.02. The molecule has 0 fully saturated rings. The molecule has 2 N–H and O–H groups in total. The number of phenolic OH excluding ortho intramolecular Hbond substituents is 1. The van der Waals surface area contributed by atoms with E-state index in [-0.39, 0.29) is 11.2 Å². The molecule has 0 spiro atoms. The summed E-state index contributed by atoms with van der Waals surface area (Å²) in [5.41, 5.74) is 0.866. The van der Waals surface area contributed by atoms with Gasteiger partial charge in [0, 0.05) is 43.5 Å². The van der Waals surface area contributed by atoms with Crippen molar-refractivity contribution in [2.75, 3.05) is 27.4 Å². The summed E-state index contributed by atoms with van der Waals surface area (Å²) >= 11 is 6.00. The second-order valence-electron chi connectivity index (χ2n) is 5.63. The van der Waals surface area contributed by atoms with E-state index in [1.165, 1.54) is 7.11 Å². The first-order valence-electron chi connectivity index (χ1n) is 6.64. The van der Waals surface area contributed by atoms with Crippen LogP contribution in [0.3, 0.4) is 0 Å². The van der Waals surface area contributed by atoms with Crippen molar-refractivity contribution in [3.8, 4) is 11.5 Å². The standard InChI is InChI=1S/C15H24ClNO3/c1-15(2,5-6-19-3)10-17-9-11-7-12(16)8-13(20-4)14(11)18/h7-8,17-18H,5-6,9-10H2,1-4H3. The van der Waals surface area contributed by atoms with E-state index in [4.69, 9.17) is 21.1 Å². The van der Waals surface area contributed by atoms with Crippen LogP contribution in [0.2, 0.25) is 5.02 Å². The molecule has 4 nitrogen and oxygen atoms in total. The number of hydrogen-bond acceptors (Lipinski definition) is 4. The number of methoxy groups -OCH3 is 2. The third kappa shape index (κ3) is 5.19. The fourth-order valence-electron chi connectivity index (χ4n) is 1.92. The Labute approximate surface area is 126 Å². The van der Waals surface area contributed by atoms with E-state index in [0.29, 0.717) is 17.3 Å². The normalized spacial score (nSPS) is 11.7. The lowest BCUT2D eigenvalue weighted by Gasteiger charge is -2.25. The Hall–Kier alpha value is -0.970. The molecule has 0 aromatic heterocycles. The van der Waals surface area contributed by atoms with Gasteiger partial charge in [0.2, 0.25) is 0 Å². The molecular formula is C15H24ClNO3. The number of halogens is 1. The number of phenols is 1. The summed E-state index contributed by atoms with van der Waals surface area (Å²) in [5, 5.41) is 13.9. The molecule has 114 valence electrons. The van der Waals surface area contributed by atoms with Crippen molar-refractivity contribution in [3.63, 3.8) is 0 Å². The maximum Gasteiger partial charge on any atom is 0.162 e. The Morgan fingerprint density at radius 3 is 2.60 bits per heavy atom. The van der Waals surface area contributed by atoms with Crippen molar-refractivity contribution in [2.45, 2.75) is 26.8 Å². The minimum Gasteiger partial charge on any atom is -0.504 e. The van der Waals surface area contributed by atoms with Crippen LogP contribution in [0, 0.1) is 5.41 Å². The van der Waals surface area contributed by atoms with E-state index in [2.05, 4.69) is 19.2 Å². The average molecular weight is 302 g/mol. The molecule has 0 aliphatic rings. The van der Waals surface area contributed by atoms with Crippen molar-refractivity contribution >= 4 is 11.6 Å². The zero-order valence-corrected chi connectivity index (χ0v) is 13.4. The zero-order chi connectivity index (χ0) is 15.2. The Bertz CT molecular complexity index is 435. The number of nitrogens with one attached hydrogen (secondary N) is 1. The molecule has 0 aliphatic carbocycles. The van der Waals surface area contributed by atoms with Gasteiger partial charge in [0.15, 0.2) is 11.5 Å². The highest BCUT2D eigenvalue weighted by Crippen LogP contribution is 2.33. The van der Waals surface area contributed by atoms with Gasteiger partial charge < -0.3 is 19.9 Å². The van der Waals surface area contributed by atoms with Crippen LogP contribution in [0.1, 0.15) is 25.8 Å². The fourth-order valence-corrected chi connectivity index (χ4v) is 2.15. The third-order valence-corrected chi connectivity index (χ3v) is 3.46. The van der Waals surface area contributed by atoms with Gasteiger partial charge in [0.25, 0.3) is 0 Å². The topological polar surface area (TPSA) is 50.7 Å². The number of hydrogen-bond donors (Lipinski definition) is 2. The summed E-state index contributed by atoms with van der Waals surface area (Å²) in [5.74, 6) is 0.534. The summed E-state index contributed by atoms with van der Waals surface area (Å²) in [4.78, 5) is 0. The van der Waals surface area contributed by atoms with Gasteiger partial charge in [-0.05, 0) is 17.9 Å². The molecule has 5 heteroatoms. The molecule has 0 saturated heterocycles. The van der Waals surface area contributed by atoms with Crippen molar-refractivity contribution < 1.29 is 14.6 Å². The van der Waals surface area contributed by atoms with Gasteiger partial charge in [0.1, 0.15) is 0 Å². The summed E-state index contributed by atoms with van der Waals surface area (Å²) in [6, 6.07) is 3.34. The Kier molecular flexibility index (Phi) is 6.59. The van der Waals surface area contributed by atoms with E-state index in [0.717, 1.165) is 25.1 Å². The van der Waals surface area contributed by atoms with Gasteiger partial charge in [-0.3, -0.25) is 0 Å². The van der Waals surface area contributed by atoms with Crippen LogP contribution in [0.15, 0.2) is 12.1 Å². The summed E-state index contributed by atoms with van der Waals surface area (Å²) in [7, 11) is 3.22. The predicted octanol–water partition coefficient (Wildman–Crippen LogP) is 3.21. The van der Waals surface area contributed by atoms with Crippen molar-refractivity contribution in [2.24, 2.45) is 5.41 Å². The van der Waals surface area contributed by atoms with E-state index < -0.39 is 0 Å². The van der Waals surface area contributed by atoms with Crippen LogP contribution in [-0.4, -0.2) is 32.5 Å². The van der Waals surface area contributed by atoms with Crippen LogP contribution in [0.5, 0.6) is 11.5 Å². The summed E-state index contributed by atoms with van der Waals surface area (Å²) < 4.78 is 10.2. The molecule has 0 atom stereocenters. The first-order chi connectivity index (χ1) is 9.39. The van der Waals surface area contributed by atoms with Crippen LogP contribution in [0.4, 0.5) is 0 Å². The van der Waals surface area contributed by atoms with Crippen molar-refractivity contribution in [1.29, 1.82) is 0 Å². The highest BCUT2D eigenvalue weighted by atomic mass is 35.5. The number of benzene rings is 1. The van der Waals surface area contributed by atoms with E-state index >= 15 is 0 Å². The lowest BCUT2D eigenvalue weighted by atomic mass is 9.89.